The van der Waals surface area contributed by atoms with Gasteiger partial charge in [0, 0.05) is 45.3 Å². The molecule has 1 aromatic carbocycles. The van der Waals surface area contributed by atoms with Crippen molar-refractivity contribution in [1.82, 2.24) is 20.4 Å². The van der Waals surface area contributed by atoms with E-state index in [4.69, 9.17) is 4.99 Å². The summed E-state index contributed by atoms with van der Waals surface area (Å²) in [5.41, 5.74) is 2.53. The van der Waals surface area contributed by atoms with Crippen molar-refractivity contribution in [3.8, 4) is 0 Å². The Morgan fingerprint density at radius 3 is 2.26 bits per heavy atom. The van der Waals surface area contributed by atoms with Crippen molar-refractivity contribution in [2.75, 3.05) is 46.3 Å². The van der Waals surface area contributed by atoms with Crippen LogP contribution in [0.5, 0.6) is 0 Å². The molecule has 1 unspecified atom stereocenters. The Kier molecular flexibility index (Phi) is 11.3. The first-order chi connectivity index (χ1) is 12.5. The minimum Gasteiger partial charge on any atom is -0.357 e. The van der Waals surface area contributed by atoms with E-state index in [1.54, 1.807) is 0 Å². The van der Waals surface area contributed by atoms with Gasteiger partial charge in [-0.05, 0) is 32.4 Å². The number of piperazine rings is 1. The van der Waals surface area contributed by atoms with E-state index < -0.39 is 0 Å². The summed E-state index contributed by atoms with van der Waals surface area (Å²) >= 11 is 0. The van der Waals surface area contributed by atoms with Gasteiger partial charge in [0.25, 0.3) is 0 Å². The molecule has 2 N–H and O–H groups in total. The van der Waals surface area contributed by atoms with Crippen LogP contribution in [0.15, 0.2) is 29.3 Å². The fourth-order valence-electron chi connectivity index (χ4n) is 3.35. The summed E-state index contributed by atoms with van der Waals surface area (Å²) in [6, 6.07) is 9.14. The second-order valence-corrected chi connectivity index (χ2v) is 7.71. The Bertz CT molecular complexity index is 550. The molecule has 0 saturated carbocycles. The van der Waals surface area contributed by atoms with Crippen molar-refractivity contribution in [2.45, 2.75) is 40.3 Å². The number of rotatable bonds is 7. The normalized spacial score (nSPS) is 17.5. The molecule has 1 aliphatic rings. The van der Waals surface area contributed by atoms with Gasteiger partial charge in [-0.1, -0.05) is 43.7 Å². The third-order valence-corrected chi connectivity index (χ3v) is 5.14. The molecule has 0 bridgehead atoms. The number of hydrogen-bond donors (Lipinski definition) is 2. The van der Waals surface area contributed by atoms with Gasteiger partial charge in [0.2, 0.25) is 0 Å². The third-order valence-electron chi connectivity index (χ3n) is 5.14. The topological polar surface area (TPSA) is 42.9 Å². The van der Waals surface area contributed by atoms with Crippen molar-refractivity contribution >= 4 is 29.9 Å². The molecule has 27 heavy (non-hydrogen) atoms. The molecule has 5 nitrogen and oxygen atoms in total. The number of halogens is 1. The fourth-order valence-corrected chi connectivity index (χ4v) is 3.35. The van der Waals surface area contributed by atoms with Crippen LogP contribution in [0.1, 0.15) is 31.9 Å². The minimum absolute atomic E-state index is 0. The number of nitrogens with zero attached hydrogens (tertiary/aromatic N) is 3. The Labute approximate surface area is 183 Å². The lowest BCUT2D eigenvalue weighted by Crippen LogP contribution is -2.55. The molecule has 6 heteroatoms. The maximum absolute atomic E-state index is 4.77. The van der Waals surface area contributed by atoms with E-state index in [-0.39, 0.29) is 24.0 Å². The summed E-state index contributed by atoms with van der Waals surface area (Å²) in [4.78, 5) is 9.81. The fraction of sp³-hybridized carbons (Fsp3) is 0.667. The van der Waals surface area contributed by atoms with E-state index in [0.717, 1.165) is 45.2 Å². The molecule has 0 aliphatic carbocycles. The van der Waals surface area contributed by atoms with Gasteiger partial charge in [0.1, 0.15) is 0 Å². The Morgan fingerprint density at radius 2 is 1.70 bits per heavy atom. The van der Waals surface area contributed by atoms with Crippen molar-refractivity contribution in [2.24, 2.45) is 10.9 Å². The van der Waals surface area contributed by atoms with Crippen LogP contribution < -0.4 is 10.6 Å². The average molecular weight is 487 g/mol. The predicted octanol–water partition coefficient (Wildman–Crippen LogP) is 2.94. The quantitative estimate of drug-likeness (QED) is 0.353. The zero-order valence-corrected chi connectivity index (χ0v) is 20.0. The number of aliphatic imine (C=N–C) groups is 1. The zero-order valence-electron chi connectivity index (χ0n) is 17.7. The lowest BCUT2D eigenvalue weighted by molar-refractivity contribution is 0.0900. The summed E-state index contributed by atoms with van der Waals surface area (Å²) in [5, 5.41) is 6.96. The van der Waals surface area contributed by atoms with Gasteiger partial charge in [0.15, 0.2) is 5.96 Å². The lowest BCUT2D eigenvalue weighted by atomic mass is 10.0. The minimum atomic E-state index is 0. The highest BCUT2D eigenvalue weighted by Gasteiger charge is 2.24. The first-order valence-corrected chi connectivity index (χ1v) is 10.00. The molecule has 2 rings (SSSR count). The number of aryl methyl sites for hydroxylation is 1. The summed E-state index contributed by atoms with van der Waals surface area (Å²) < 4.78 is 0. The second-order valence-electron chi connectivity index (χ2n) is 7.71. The highest BCUT2D eigenvalue weighted by Crippen LogP contribution is 2.13. The summed E-state index contributed by atoms with van der Waals surface area (Å²) in [7, 11) is 2.21. The first kappa shape index (κ1) is 24.2. The molecule has 0 spiro atoms. The number of likely N-dealkylation sites (N-methyl/N-ethyl adjacent to an activating group) is 1. The van der Waals surface area contributed by atoms with Crippen LogP contribution in [-0.4, -0.2) is 68.1 Å². The smallest absolute Gasteiger partial charge is 0.191 e. The van der Waals surface area contributed by atoms with Crippen LogP contribution in [-0.2, 0) is 6.54 Å². The van der Waals surface area contributed by atoms with Gasteiger partial charge < -0.3 is 15.5 Å². The summed E-state index contributed by atoms with van der Waals surface area (Å²) in [6.07, 6.45) is 0. The molecule has 0 amide bonds. The van der Waals surface area contributed by atoms with Crippen LogP contribution in [0.4, 0.5) is 0 Å². The average Bonchev–Trinajstić information content (AvgIpc) is 2.62. The van der Waals surface area contributed by atoms with Gasteiger partial charge in [-0.15, -0.1) is 24.0 Å². The molecule has 1 aliphatic heterocycles. The summed E-state index contributed by atoms with van der Waals surface area (Å²) in [6.45, 7) is 16.0. The van der Waals surface area contributed by atoms with E-state index in [0.29, 0.717) is 18.5 Å². The largest absolute Gasteiger partial charge is 0.357 e. The van der Waals surface area contributed by atoms with E-state index in [1.165, 1.54) is 11.1 Å². The van der Waals surface area contributed by atoms with Gasteiger partial charge in [-0.2, -0.15) is 0 Å². The molecule has 1 aromatic rings. The first-order valence-electron chi connectivity index (χ1n) is 10.00. The van der Waals surface area contributed by atoms with Crippen LogP contribution in [0, 0.1) is 12.8 Å². The molecular formula is C21H38IN5. The van der Waals surface area contributed by atoms with Crippen molar-refractivity contribution in [3.05, 3.63) is 35.4 Å². The molecule has 1 fully saturated rings. The Morgan fingerprint density at radius 1 is 1.07 bits per heavy atom. The Hall–Kier alpha value is -0.860. The number of hydrogen-bond acceptors (Lipinski definition) is 3. The predicted molar refractivity (Wildman–Crippen MR) is 127 cm³/mol. The highest BCUT2D eigenvalue weighted by molar-refractivity contribution is 14.0. The third kappa shape index (κ3) is 8.35. The number of guanidine groups is 1. The van der Waals surface area contributed by atoms with Crippen LogP contribution in [0.2, 0.25) is 0 Å². The molecule has 0 aromatic heterocycles. The van der Waals surface area contributed by atoms with Gasteiger partial charge in [-0.25, -0.2) is 4.99 Å². The molecule has 0 radical (unpaired) electrons. The number of benzene rings is 1. The standard InChI is InChI=1S/C21H37N5.HI/c1-6-22-21(23-15-19-9-7-18(4)8-10-19)24-16-20(17(2)3)26-13-11-25(5)12-14-26;/h7-10,17,20H,6,11-16H2,1-5H3,(H2,22,23,24);1H. The Balaban J connectivity index is 0.00000364. The van der Waals surface area contributed by atoms with Crippen LogP contribution in [0.3, 0.4) is 0 Å². The second kappa shape index (κ2) is 12.6. The van der Waals surface area contributed by atoms with Crippen molar-refractivity contribution < 1.29 is 0 Å². The van der Waals surface area contributed by atoms with Gasteiger partial charge in [0.05, 0.1) is 6.54 Å². The SMILES string of the molecule is CCNC(=NCc1ccc(C)cc1)NCC(C(C)C)N1CCN(C)CC1.I. The van der Waals surface area contributed by atoms with Gasteiger partial charge in [-0.3, -0.25) is 4.90 Å². The van der Waals surface area contributed by atoms with Gasteiger partial charge >= 0.3 is 0 Å². The molecule has 1 atom stereocenters. The molecule has 1 heterocycles. The van der Waals surface area contributed by atoms with Crippen molar-refractivity contribution in [1.29, 1.82) is 0 Å². The van der Waals surface area contributed by atoms with Crippen LogP contribution in [0.25, 0.3) is 0 Å². The maximum Gasteiger partial charge on any atom is 0.191 e. The monoisotopic (exact) mass is 487 g/mol. The maximum atomic E-state index is 4.77. The summed E-state index contributed by atoms with van der Waals surface area (Å²) in [5.74, 6) is 1.53. The van der Waals surface area contributed by atoms with E-state index in [9.17, 15) is 0 Å². The number of nitrogens with one attached hydrogen (secondary N) is 2. The molecule has 1 saturated heterocycles. The van der Waals surface area contributed by atoms with Crippen LogP contribution >= 0.6 is 24.0 Å². The molecular weight excluding hydrogens is 449 g/mol. The zero-order chi connectivity index (χ0) is 18.9. The highest BCUT2D eigenvalue weighted by atomic mass is 127. The van der Waals surface area contributed by atoms with E-state index >= 15 is 0 Å². The van der Waals surface area contributed by atoms with Crippen molar-refractivity contribution in [3.63, 3.8) is 0 Å². The lowest BCUT2D eigenvalue weighted by Gasteiger charge is -2.40. The van der Waals surface area contributed by atoms with E-state index in [1.807, 2.05) is 0 Å². The molecule has 154 valence electrons. The van der Waals surface area contributed by atoms with E-state index in [2.05, 4.69) is 79.4 Å².